The number of aryl methyl sites for hydroxylation is 3. The molecular formula is C28H34N6O3S. The maximum atomic E-state index is 13.8. The van der Waals surface area contributed by atoms with Gasteiger partial charge in [0, 0.05) is 36.4 Å². The Morgan fingerprint density at radius 1 is 1.18 bits per heavy atom. The second-order valence-electron chi connectivity index (χ2n) is 9.62. The molecule has 0 unspecified atom stereocenters. The maximum Gasteiger partial charge on any atom is 0.268 e. The molecule has 3 aromatic heterocycles. The van der Waals surface area contributed by atoms with Crippen molar-refractivity contribution < 1.29 is 9.53 Å². The zero-order valence-electron chi connectivity index (χ0n) is 22.2. The van der Waals surface area contributed by atoms with Crippen LogP contribution >= 0.6 is 11.3 Å². The van der Waals surface area contributed by atoms with Crippen molar-refractivity contribution in [3.63, 3.8) is 0 Å². The Balaban J connectivity index is 1.36. The lowest BCUT2D eigenvalue weighted by Gasteiger charge is -2.26. The van der Waals surface area contributed by atoms with Crippen LogP contribution in [0.5, 0.6) is 0 Å². The largest absolute Gasteiger partial charge is 0.379 e. The third kappa shape index (κ3) is 5.43. The van der Waals surface area contributed by atoms with E-state index in [2.05, 4.69) is 23.2 Å². The average Bonchev–Trinajstić information content (AvgIpc) is 3.50. The van der Waals surface area contributed by atoms with Gasteiger partial charge < -0.3 is 10.1 Å². The number of carbonyl (C=O) groups excluding carboxylic acids is 1. The van der Waals surface area contributed by atoms with Crippen molar-refractivity contribution in [1.29, 1.82) is 0 Å². The van der Waals surface area contributed by atoms with E-state index < -0.39 is 0 Å². The summed E-state index contributed by atoms with van der Waals surface area (Å²) in [4.78, 5) is 34.1. The van der Waals surface area contributed by atoms with Gasteiger partial charge in [-0.1, -0.05) is 25.1 Å². The molecule has 4 aromatic rings. The summed E-state index contributed by atoms with van der Waals surface area (Å²) in [7, 11) is 0. The van der Waals surface area contributed by atoms with Crippen molar-refractivity contribution in [2.24, 2.45) is 0 Å². The number of para-hydroxylation sites is 1. The zero-order chi connectivity index (χ0) is 26.6. The van der Waals surface area contributed by atoms with Crippen molar-refractivity contribution in [3.8, 4) is 16.9 Å². The lowest BCUT2D eigenvalue weighted by atomic mass is 10.1. The molecule has 4 heterocycles. The maximum absolute atomic E-state index is 13.8. The van der Waals surface area contributed by atoms with Crippen molar-refractivity contribution >= 4 is 22.2 Å². The number of aromatic nitrogens is 4. The summed E-state index contributed by atoms with van der Waals surface area (Å²) in [6, 6.07) is 10.1. The minimum absolute atomic E-state index is 0.100. The van der Waals surface area contributed by atoms with Crippen LogP contribution in [0.4, 0.5) is 0 Å². The molecule has 5 rings (SSSR count). The summed E-state index contributed by atoms with van der Waals surface area (Å²) in [6.07, 6.45) is 1.89. The Hall–Kier alpha value is -3.34. The molecule has 1 amide bonds. The SMILES string of the molecule is CCc1ccccc1-n1nc(-c2c(C)nc3scc(CC(=O)NCCCN4CCOCC4)n3c2=O)cc1C. The molecule has 0 bridgehead atoms. The summed E-state index contributed by atoms with van der Waals surface area (Å²) in [6.45, 7) is 10.9. The molecular weight excluding hydrogens is 500 g/mol. The molecule has 0 spiro atoms. The molecule has 0 aliphatic carbocycles. The third-order valence-corrected chi connectivity index (χ3v) is 7.86. The summed E-state index contributed by atoms with van der Waals surface area (Å²) in [5.74, 6) is -0.100. The second kappa shape index (κ2) is 11.6. The van der Waals surface area contributed by atoms with Gasteiger partial charge >= 0.3 is 0 Å². The fraction of sp³-hybridized carbons (Fsp3) is 0.429. The molecule has 1 aliphatic heterocycles. The Labute approximate surface area is 226 Å². The predicted molar refractivity (Wildman–Crippen MR) is 149 cm³/mol. The highest BCUT2D eigenvalue weighted by atomic mass is 32.1. The molecule has 0 saturated carbocycles. The fourth-order valence-electron chi connectivity index (χ4n) is 4.96. The number of morpholine rings is 1. The van der Waals surface area contributed by atoms with Crippen molar-refractivity contribution in [2.75, 3.05) is 39.4 Å². The number of ether oxygens (including phenoxy) is 1. The molecule has 38 heavy (non-hydrogen) atoms. The Morgan fingerprint density at radius 3 is 2.76 bits per heavy atom. The number of hydrogen-bond donors (Lipinski definition) is 1. The minimum Gasteiger partial charge on any atom is -0.379 e. The van der Waals surface area contributed by atoms with Crippen molar-refractivity contribution in [3.05, 3.63) is 68.7 Å². The van der Waals surface area contributed by atoms with Crippen molar-refractivity contribution in [1.82, 2.24) is 29.4 Å². The number of thiazole rings is 1. The first kappa shape index (κ1) is 26.3. The summed E-state index contributed by atoms with van der Waals surface area (Å²) >= 11 is 1.37. The van der Waals surface area contributed by atoms with E-state index in [1.807, 2.05) is 48.2 Å². The molecule has 9 nitrogen and oxygen atoms in total. The molecule has 1 N–H and O–H groups in total. The lowest BCUT2D eigenvalue weighted by molar-refractivity contribution is -0.120. The van der Waals surface area contributed by atoms with Crippen LogP contribution in [0, 0.1) is 13.8 Å². The van der Waals surface area contributed by atoms with E-state index in [0.717, 1.165) is 57.1 Å². The molecule has 1 fully saturated rings. The minimum atomic E-state index is -0.197. The molecule has 0 atom stereocenters. The molecule has 1 aromatic carbocycles. The van der Waals surface area contributed by atoms with Crippen molar-refractivity contribution in [2.45, 2.75) is 40.0 Å². The van der Waals surface area contributed by atoms with Crippen LogP contribution in [0.1, 0.15) is 36.0 Å². The molecule has 1 aliphatic rings. The van der Waals surface area contributed by atoms with E-state index in [0.29, 0.717) is 34.2 Å². The predicted octanol–water partition coefficient (Wildman–Crippen LogP) is 3.17. The monoisotopic (exact) mass is 534 g/mol. The third-order valence-electron chi connectivity index (χ3n) is 6.98. The van der Waals surface area contributed by atoms with Crippen LogP contribution in [0.3, 0.4) is 0 Å². The fourth-order valence-corrected chi connectivity index (χ4v) is 5.89. The number of hydrogen-bond acceptors (Lipinski definition) is 7. The van der Waals surface area contributed by atoms with E-state index >= 15 is 0 Å². The van der Waals surface area contributed by atoms with Crippen LogP contribution in [-0.2, 0) is 22.4 Å². The topological polar surface area (TPSA) is 93.8 Å². The van der Waals surface area contributed by atoms with Gasteiger partial charge in [0.15, 0.2) is 4.96 Å². The Kier molecular flexibility index (Phi) is 8.01. The number of benzene rings is 1. The van der Waals surface area contributed by atoms with Gasteiger partial charge in [-0.25, -0.2) is 9.67 Å². The van der Waals surface area contributed by atoms with Crippen LogP contribution in [-0.4, -0.2) is 69.4 Å². The van der Waals surface area contributed by atoms with Gasteiger partial charge in [0.05, 0.1) is 36.6 Å². The summed E-state index contributed by atoms with van der Waals surface area (Å²) in [5, 5.41) is 9.67. The Morgan fingerprint density at radius 2 is 1.97 bits per heavy atom. The van der Waals surface area contributed by atoms with Crippen LogP contribution in [0.15, 0.2) is 40.5 Å². The smallest absolute Gasteiger partial charge is 0.268 e. The summed E-state index contributed by atoms with van der Waals surface area (Å²) < 4.78 is 8.83. The standard InChI is InChI=1S/C28H34N6O3S/c1-4-21-8-5-6-9-24(21)34-19(2)16-23(31-34)26-20(3)30-28-33(27(26)36)22(18-38-28)17-25(35)29-10-7-11-32-12-14-37-15-13-32/h5-6,8-9,16,18H,4,7,10-15,17H2,1-3H3,(H,29,35). The van der Waals surface area contributed by atoms with Gasteiger partial charge in [-0.2, -0.15) is 5.10 Å². The lowest BCUT2D eigenvalue weighted by Crippen LogP contribution is -2.38. The zero-order valence-corrected chi connectivity index (χ0v) is 23.0. The van der Waals surface area contributed by atoms with Gasteiger partial charge in [0.25, 0.3) is 5.56 Å². The number of nitrogens with one attached hydrogen (secondary N) is 1. The van der Waals surface area contributed by atoms with Gasteiger partial charge in [-0.05, 0) is 50.9 Å². The molecule has 0 radical (unpaired) electrons. The van der Waals surface area contributed by atoms with E-state index in [1.54, 1.807) is 4.40 Å². The van der Waals surface area contributed by atoms with E-state index in [4.69, 9.17) is 14.8 Å². The normalized spacial score (nSPS) is 14.3. The molecule has 10 heteroatoms. The number of nitrogens with zero attached hydrogens (tertiary/aromatic N) is 5. The van der Waals surface area contributed by atoms with E-state index in [9.17, 15) is 9.59 Å². The summed E-state index contributed by atoms with van der Waals surface area (Å²) in [5.41, 5.74) is 5.25. The van der Waals surface area contributed by atoms with Gasteiger partial charge in [0.1, 0.15) is 5.69 Å². The highest BCUT2D eigenvalue weighted by Gasteiger charge is 2.20. The number of amides is 1. The highest BCUT2D eigenvalue weighted by Crippen LogP contribution is 2.25. The van der Waals surface area contributed by atoms with Crippen LogP contribution in [0.2, 0.25) is 0 Å². The number of rotatable bonds is 9. The number of fused-ring (bicyclic) bond motifs is 1. The van der Waals surface area contributed by atoms with Gasteiger partial charge in [-0.15, -0.1) is 11.3 Å². The Bertz CT molecular complexity index is 1500. The molecule has 200 valence electrons. The number of carbonyl (C=O) groups is 1. The van der Waals surface area contributed by atoms with Gasteiger partial charge in [-0.3, -0.25) is 18.9 Å². The second-order valence-corrected chi connectivity index (χ2v) is 10.5. The quantitative estimate of drug-likeness (QED) is 0.332. The van der Waals surface area contributed by atoms with E-state index in [1.165, 1.54) is 16.9 Å². The first-order valence-corrected chi connectivity index (χ1v) is 14.1. The van der Waals surface area contributed by atoms with Crippen LogP contribution in [0.25, 0.3) is 21.9 Å². The first-order valence-electron chi connectivity index (χ1n) is 13.2. The average molecular weight is 535 g/mol. The molecule has 1 saturated heterocycles. The van der Waals surface area contributed by atoms with E-state index in [-0.39, 0.29) is 17.9 Å². The first-order chi connectivity index (χ1) is 18.5. The highest BCUT2D eigenvalue weighted by molar-refractivity contribution is 7.15. The van der Waals surface area contributed by atoms with Gasteiger partial charge in [0.2, 0.25) is 5.91 Å². The van der Waals surface area contributed by atoms with Crippen LogP contribution < -0.4 is 10.9 Å².